The van der Waals surface area contributed by atoms with Gasteiger partial charge < -0.3 is 10.5 Å². The largest absolute Gasteiger partial charge is 0.443 e. The van der Waals surface area contributed by atoms with Crippen molar-refractivity contribution in [1.82, 2.24) is 0 Å². The van der Waals surface area contributed by atoms with Crippen LogP contribution >= 0.6 is 11.6 Å². The molecule has 3 aromatic carbocycles. The molecule has 0 spiro atoms. The molecule has 0 aliphatic heterocycles. The first kappa shape index (κ1) is 22.1. The second-order valence-corrected chi connectivity index (χ2v) is 8.46. The van der Waals surface area contributed by atoms with Crippen LogP contribution in [0.15, 0.2) is 78.9 Å². The molecule has 3 rings (SSSR count). The van der Waals surface area contributed by atoms with Crippen molar-refractivity contribution in [3.05, 3.63) is 106 Å². The van der Waals surface area contributed by atoms with Gasteiger partial charge in [0.2, 0.25) is 0 Å². The molecule has 0 amide bonds. The maximum absolute atomic E-state index is 13.2. The molecule has 0 aliphatic carbocycles. The average Bonchev–Trinajstić information content (AvgIpc) is 2.73. The van der Waals surface area contributed by atoms with Gasteiger partial charge in [-0.3, -0.25) is 4.79 Å². The Hall–Kier alpha value is -2.62. The van der Waals surface area contributed by atoms with Gasteiger partial charge in [0.15, 0.2) is 5.60 Å². The van der Waals surface area contributed by atoms with E-state index in [0.717, 1.165) is 16.7 Å². The van der Waals surface area contributed by atoms with Crippen molar-refractivity contribution in [2.45, 2.75) is 38.8 Å². The van der Waals surface area contributed by atoms with Gasteiger partial charge in [-0.2, -0.15) is 0 Å². The van der Waals surface area contributed by atoms with Crippen LogP contribution in [0, 0.1) is 12.8 Å². The molecule has 3 nitrogen and oxygen atoms in total. The zero-order chi connectivity index (χ0) is 21.7. The minimum atomic E-state index is -1.21. The number of nitrogens with two attached hydrogens (primary N) is 1. The predicted molar refractivity (Wildman–Crippen MR) is 122 cm³/mol. The van der Waals surface area contributed by atoms with E-state index in [9.17, 15) is 4.79 Å². The fraction of sp³-hybridized carbons (Fsp3) is 0.269. The average molecular weight is 422 g/mol. The topological polar surface area (TPSA) is 52.3 Å². The second-order valence-electron chi connectivity index (χ2n) is 8.05. The fourth-order valence-electron chi connectivity index (χ4n) is 3.69. The third-order valence-corrected chi connectivity index (χ3v) is 5.50. The summed E-state index contributed by atoms with van der Waals surface area (Å²) in [5, 5.41) is 0.521. The number of carbonyl (C=O) groups excluding carboxylic acids is 1. The Morgan fingerprint density at radius 1 is 0.933 bits per heavy atom. The highest BCUT2D eigenvalue weighted by molar-refractivity contribution is 6.31. The molecule has 0 bridgehead atoms. The normalized spacial score (nSPS) is 14.2. The van der Waals surface area contributed by atoms with Gasteiger partial charge in [-0.05, 0) is 25.3 Å². The summed E-state index contributed by atoms with van der Waals surface area (Å²) in [6, 6.07) is 24.4. The number of esters is 1. The highest BCUT2D eigenvalue weighted by atomic mass is 35.5. The molecular weight excluding hydrogens is 394 g/mol. The van der Waals surface area contributed by atoms with Gasteiger partial charge in [-0.1, -0.05) is 104 Å². The summed E-state index contributed by atoms with van der Waals surface area (Å²) in [6.07, 6.45) is 0.542. The number of rotatable bonds is 7. The van der Waals surface area contributed by atoms with Gasteiger partial charge in [0.1, 0.15) is 6.04 Å². The highest BCUT2D eigenvalue weighted by Gasteiger charge is 2.43. The van der Waals surface area contributed by atoms with Crippen molar-refractivity contribution >= 4 is 17.6 Å². The second kappa shape index (κ2) is 9.46. The smallest absolute Gasteiger partial charge is 0.324 e. The van der Waals surface area contributed by atoms with Crippen LogP contribution in [0.1, 0.15) is 42.5 Å². The molecule has 0 fully saturated rings. The van der Waals surface area contributed by atoms with Crippen LogP contribution in [-0.4, -0.2) is 12.0 Å². The molecule has 0 saturated heterocycles. The van der Waals surface area contributed by atoms with Crippen molar-refractivity contribution in [2.75, 3.05) is 0 Å². The Labute approximate surface area is 183 Å². The fourth-order valence-corrected chi connectivity index (χ4v) is 3.96. The third-order valence-electron chi connectivity index (χ3n) is 5.17. The summed E-state index contributed by atoms with van der Waals surface area (Å²) in [6.45, 7) is 6.09. The van der Waals surface area contributed by atoms with Crippen molar-refractivity contribution in [2.24, 2.45) is 11.7 Å². The highest BCUT2D eigenvalue weighted by Crippen LogP contribution is 2.43. The lowest BCUT2D eigenvalue weighted by Crippen LogP contribution is -2.42. The molecule has 2 atom stereocenters. The van der Waals surface area contributed by atoms with Crippen LogP contribution < -0.4 is 5.73 Å². The molecule has 1 unspecified atom stereocenters. The van der Waals surface area contributed by atoms with E-state index in [2.05, 4.69) is 0 Å². The number of hydrogen-bond donors (Lipinski definition) is 1. The number of ether oxygens (including phenoxy) is 1. The van der Waals surface area contributed by atoms with Crippen molar-refractivity contribution < 1.29 is 9.53 Å². The van der Waals surface area contributed by atoms with E-state index in [1.807, 2.05) is 99.6 Å². The quantitative estimate of drug-likeness (QED) is 0.384. The van der Waals surface area contributed by atoms with Gasteiger partial charge in [-0.15, -0.1) is 0 Å². The van der Waals surface area contributed by atoms with E-state index in [1.165, 1.54) is 0 Å². The van der Waals surface area contributed by atoms with Crippen molar-refractivity contribution in [3.63, 3.8) is 0 Å². The minimum Gasteiger partial charge on any atom is -0.443 e. The van der Waals surface area contributed by atoms with E-state index in [0.29, 0.717) is 17.0 Å². The minimum absolute atomic E-state index is 0.276. The van der Waals surface area contributed by atoms with Gasteiger partial charge in [0.05, 0.1) is 0 Å². The molecule has 0 aromatic heterocycles. The Kier molecular flexibility index (Phi) is 6.96. The maximum atomic E-state index is 13.2. The van der Waals surface area contributed by atoms with Crippen LogP contribution in [0.25, 0.3) is 0 Å². The van der Waals surface area contributed by atoms with Gasteiger partial charge in [0, 0.05) is 21.7 Å². The molecule has 0 radical (unpaired) electrons. The lowest BCUT2D eigenvalue weighted by atomic mass is 9.79. The first-order valence-corrected chi connectivity index (χ1v) is 10.6. The third kappa shape index (κ3) is 4.58. The van der Waals surface area contributed by atoms with Crippen LogP contribution in [0.4, 0.5) is 0 Å². The SMILES string of the molecule is Cc1ccc(C(OC(=O)[C@H](N)CC(C)C)(c2ccccc2)c2ccccc2Cl)cc1. The predicted octanol–water partition coefficient (Wildman–Crippen LogP) is 5.86. The molecule has 156 valence electrons. The molecular formula is C26H28ClNO2. The summed E-state index contributed by atoms with van der Waals surface area (Å²) < 4.78 is 6.33. The first-order chi connectivity index (χ1) is 14.3. The summed E-state index contributed by atoms with van der Waals surface area (Å²) in [7, 11) is 0. The lowest BCUT2D eigenvalue weighted by Gasteiger charge is -2.36. The molecule has 2 N–H and O–H groups in total. The van der Waals surface area contributed by atoms with Gasteiger partial charge >= 0.3 is 5.97 Å². The van der Waals surface area contributed by atoms with E-state index in [4.69, 9.17) is 22.1 Å². The molecule has 3 aromatic rings. The Bertz CT molecular complexity index is 985. The first-order valence-electron chi connectivity index (χ1n) is 10.2. The lowest BCUT2D eigenvalue weighted by molar-refractivity contribution is -0.155. The van der Waals surface area contributed by atoms with Crippen LogP contribution in [0.5, 0.6) is 0 Å². The van der Waals surface area contributed by atoms with E-state index >= 15 is 0 Å². The summed E-state index contributed by atoms with van der Waals surface area (Å²) in [5.74, 6) is -0.175. The molecule has 0 saturated carbocycles. The van der Waals surface area contributed by atoms with Gasteiger partial charge in [0.25, 0.3) is 0 Å². The maximum Gasteiger partial charge on any atom is 0.324 e. The van der Waals surface area contributed by atoms with Gasteiger partial charge in [-0.25, -0.2) is 0 Å². The van der Waals surface area contributed by atoms with E-state index < -0.39 is 17.6 Å². The molecule has 4 heteroatoms. The summed E-state index contributed by atoms with van der Waals surface area (Å²) in [5.41, 5.74) is 8.45. The van der Waals surface area contributed by atoms with E-state index in [1.54, 1.807) is 0 Å². The van der Waals surface area contributed by atoms with Crippen molar-refractivity contribution in [1.29, 1.82) is 0 Å². The number of benzene rings is 3. The van der Waals surface area contributed by atoms with Crippen LogP contribution in [-0.2, 0) is 15.1 Å². The zero-order valence-electron chi connectivity index (χ0n) is 17.6. The van der Waals surface area contributed by atoms with Crippen LogP contribution in [0.3, 0.4) is 0 Å². The monoisotopic (exact) mass is 421 g/mol. The zero-order valence-corrected chi connectivity index (χ0v) is 18.4. The molecule has 0 heterocycles. The summed E-state index contributed by atoms with van der Waals surface area (Å²) >= 11 is 6.66. The Morgan fingerprint density at radius 3 is 2.10 bits per heavy atom. The molecule has 30 heavy (non-hydrogen) atoms. The number of aryl methyl sites for hydroxylation is 1. The van der Waals surface area contributed by atoms with Crippen LogP contribution in [0.2, 0.25) is 5.02 Å². The number of carbonyl (C=O) groups is 1. The summed E-state index contributed by atoms with van der Waals surface area (Å²) in [4.78, 5) is 13.2. The van der Waals surface area contributed by atoms with E-state index in [-0.39, 0.29) is 5.92 Å². The Morgan fingerprint density at radius 2 is 1.50 bits per heavy atom. The Balaban J connectivity index is 2.26. The molecule has 0 aliphatic rings. The number of halogens is 1. The van der Waals surface area contributed by atoms with Crippen molar-refractivity contribution in [3.8, 4) is 0 Å². The standard InChI is InChI=1S/C26H28ClNO2/c1-18(2)17-24(28)25(29)30-26(20-9-5-4-6-10-20,21-15-13-19(3)14-16-21)22-11-7-8-12-23(22)27/h4-16,18,24H,17,28H2,1-3H3/t24-,26?/m1/s1. The number of hydrogen-bond acceptors (Lipinski definition) is 3.